The van der Waals surface area contributed by atoms with E-state index < -0.39 is 0 Å². The monoisotopic (exact) mass is 203 g/mol. The molecule has 1 aliphatic rings. The van der Waals surface area contributed by atoms with Crippen LogP contribution in [0.5, 0.6) is 0 Å². The highest BCUT2D eigenvalue weighted by atomic mass is 35.5. The van der Waals surface area contributed by atoms with Crippen LogP contribution in [0.25, 0.3) is 0 Å². The zero-order chi connectivity index (χ0) is 10.1. The lowest BCUT2D eigenvalue weighted by Gasteiger charge is -2.25. The van der Waals surface area contributed by atoms with Crippen molar-refractivity contribution in [2.45, 2.75) is 13.8 Å². The fourth-order valence-electron chi connectivity index (χ4n) is 1.91. The molecule has 1 saturated heterocycles. The maximum atomic E-state index is 9.27. The molecule has 0 radical (unpaired) electrons. The third kappa shape index (κ3) is 2.46. The Morgan fingerprint density at radius 1 is 1.77 bits per heavy atom. The minimum atomic E-state index is 0.0341. The van der Waals surface area contributed by atoms with Crippen molar-refractivity contribution < 1.29 is 5.11 Å². The molecule has 2 unspecified atom stereocenters. The van der Waals surface area contributed by atoms with Gasteiger partial charge < -0.3 is 5.11 Å². The Balaban J connectivity index is 2.54. The molecule has 1 fully saturated rings. The van der Waals surface area contributed by atoms with Gasteiger partial charge in [-0.15, -0.1) is 0 Å². The van der Waals surface area contributed by atoms with Gasteiger partial charge in [0.1, 0.15) is 0 Å². The maximum absolute atomic E-state index is 9.27. The average Bonchev–Trinajstić information content (AvgIpc) is 2.27. The second-order valence-electron chi connectivity index (χ2n) is 4.40. The molecule has 76 valence electrons. The van der Waals surface area contributed by atoms with Crippen molar-refractivity contribution >= 4 is 11.6 Å². The summed E-state index contributed by atoms with van der Waals surface area (Å²) in [5, 5.41) is 9.94. The first-order valence-corrected chi connectivity index (χ1v) is 5.02. The molecule has 0 aromatic rings. The number of nitrogens with zero attached hydrogens (tertiary/aromatic N) is 1. The summed E-state index contributed by atoms with van der Waals surface area (Å²) in [5.74, 6) is 0.522. The molecule has 0 aromatic carbocycles. The molecular weight excluding hydrogens is 186 g/mol. The lowest BCUT2D eigenvalue weighted by atomic mass is 9.82. The van der Waals surface area contributed by atoms with Crippen molar-refractivity contribution in [1.29, 1.82) is 0 Å². The first-order chi connectivity index (χ1) is 5.98. The molecular formula is C10H18ClNO. The molecule has 0 aliphatic carbocycles. The summed E-state index contributed by atoms with van der Waals surface area (Å²) in [6.45, 7) is 10.9. The smallest absolute Gasteiger partial charge is 0.0500 e. The molecule has 1 rings (SSSR count). The molecule has 0 aromatic heterocycles. The van der Waals surface area contributed by atoms with Crippen LogP contribution in [0.15, 0.2) is 11.6 Å². The summed E-state index contributed by atoms with van der Waals surface area (Å²) in [5.41, 5.74) is 0.0341. The van der Waals surface area contributed by atoms with Gasteiger partial charge in [0.05, 0.1) is 0 Å². The Morgan fingerprint density at radius 2 is 2.38 bits per heavy atom. The largest absolute Gasteiger partial charge is 0.396 e. The number of rotatable bonds is 3. The summed E-state index contributed by atoms with van der Waals surface area (Å²) in [6.07, 6.45) is 0. The van der Waals surface area contributed by atoms with Crippen LogP contribution >= 0.6 is 11.6 Å². The van der Waals surface area contributed by atoms with E-state index in [0.717, 1.165) is 19.6 Å². The van der Waals surface area contributed by atoms with Crippen LogP contribution < -0.4 is 0 Å². The average molecular weight is 204 g/mol. The fourth-order valence-corrected chi connectivity index (χ4v) is 2.08. The van der Waals surface area contributed by atoms with Gasteiger partial charge in [-0.05, 0) is 5.92 Å². The van der Waals surface area contributed by atoms with Gasteiger partial charge in [-0.2, -0.15) is 0 Å². The predicted molar refractivity (Wildman–Crippen MR) is 55.8 cm³/mol. The van der Waals surface area contributed by atoms with E-state index in [9.17, 15) is 5.11 Å². The van der Waals surface area contributed by atoms with Crippen LogP contribution in [-0.2, 0) is 0 Å². The van der Waals surface area contributed by atoms with Crippen molar-refractivity contribution in [2.24, 2.45) is 11.3 Å². The van der Waals surface area contributed by atoms with E-state index in [1.165, 1.54) is 0 Å². The minimum absolute atomic E-state index is 0.0341. The number of halogens is 1. The van der Waals surface area contributed by atoms with Gasteiger partial charge in [-0.1, -0.05) is 32.0 Å². The third-order valence-corrected chi connectivity index (χ3v) is 3.18. The van der Waals surface area contributed by atoms with E-state index in [4.69, 9.17) is 11.6 Å². The SMILES string of the molecule is C=C(Cl)CN1CC(C)C(C)(CO)C1. The van der Waals surface area contributed by atoms with Crippen molar-refractivity contribution in [3.05, 3.63) is 11.6 Å². The Kier molecular flexibility index (Phi) is 3.38. The topological polar surface area (TPSA) is 23.5 Å². The van der Waals surface area contributed by atoms with Gasteiger partial charge in [0.25, 0.3) is 0 Å². The third-order valence-electron chi connectivity index (χ3n) is 3.06. The maximum Gasteiger partial charge on any atom is 0.0500 e. The molecule has 3 heteroatoms. The lowest BCUT2D eigenvalue weighted by Crippen LogP contribution is -2.30. The minimum Gasteiger partial charge on any atom is -0.396 e. The highest BCUT2D eigenvalue weighted by Gasteiger charge is 2.39. The fraction of sp³-hybridized carbons (Fsp3) is 0.800. The van der Waals surface area contributed by atoms with Gasteiger partial charge in [0.2, 0.25) is 0 Å². The normalized spacial score (nSPS) is 35.2. The van der Waals surface area contributed by atoms with Crippen LogP contribution in [0.2, 0.25) is 0 Å². The van der Waals surface area contributed by atoms with E-state index in [1.54, 1.807) is 0 Å². The van der Waals surface area contributed by atoms with Gasteiger partial charge in [-0.25, -0.2) is 0 Å². The Hall–Kier alpha value is -0.0500. The van der Waals surface area contributed by atoms with Gasteiger partial charge >= 0.3 is 0 Å². The van der Waals surface area contributed by atoms with Gasteiger partial charge in [-0.3, -0.25) is 4.90 Å². The predicted octanol–water partition coefficient (Wildman–Crippen LogP) is 1.69. The molecule has 1 heterocycles. The van der Waals surface area contributed by atoms with Crippen LogP contribution in [0.1, 0.15) is 13.8 Å². The summed E-state index contributed by atoms with van der Waals surface area (Å²) in [7, 11) is 0. The summed E-state index contributed by atoms with van der Waals surface area (Å²) < 4.78 is 0. The molecule has 0 amide bonds. The first kappa shape index (κ1) is 11.0. The second-order valence-corrected chi connectivity index (χ2v) is 4.93. The van der Waals surface area contributed by atoms with Gasteiger partial charge in [0, 0.05) is 36.7 Å². The van der Waals surface area contributed by atoms with Crippen LogP contribution in [0.3, 0.4) is 0 Å². The number of aliphatic hydroxyl groups excluding tert-OH is 1. The molecule has 0 spiro atoms. The second kappa shape index (κ2) is 3.99. The van der Waals surface area contributed by atoms with Crippen LogP contribution in [-0.4, -0.2) is 36.2 Å². The van der Waals surface area contributed by atoms with E-state index in [2.05, 4.69) is 25.3 Å². The van der Waals surface area contributed by atoms with Crippen LogP contribution in [0.4, 0.5) is 0 Å². The standard InChI is InChI=1S/C10H18ClNO/c1-8-4-12(5-9(2)11)6-10(8,3)7-13/h8,13H,2,4-7H2,1,3H3. The molecule has 0 bridgehead atoms. The molecule has 1 N–H and O–H groups in total. The highest BCUT2D eigenvalue weighted by molar-refractivity contribution is 6.29. The van der Waals surface area contributed by atoms with E-state index in [1.807, 2.05) is 0 Å². The van der Waals surface area contributed by atoms with Crippen molar-refractivity contribution in [1.82, 2.24) is 4.90 Å². The number of likely N-dealkylation sites (tertiary alicyclic amines) is 1. The quantitative estimate of drug-likeness (QED) is 0.755. The first-order valence-electron chi connectivity index (χ1n) is 4.64. The van der Waals surface area contributed by atoms with Crippen molar-refractivity contribution in [2.75, 3.05) is 26.2 Å². The Morgan fingerprint density at radius 3 is 2.77 bits per heavy atom. The molecule has 13 heavy (non-hydrogen) atoms. The summed E-state index contributed by atoms with van der Waals surface area (Å²) in [4.78, 5) is 2.25. The zero-order valence-corrected chi connectivity index (χ0v) is 9.14. The molecule has 2 nitrogen and oxygen atoms in total. The summed E-state index contributed by atoms with van der Waals surface area (Å²) >= 11 is 5.74. The summed E-state index contributed by atoms with van der Waals surface area (Å²) in [6, 6.07) is 0. The van der Waals surface area contributed by atoms with E-state index in [-0.39, 0.29) is 12.0 Å². The Labute approximate surface area is 85.2 Å². The van der Waals surface area contributed by atoms with E-state index >= 15 is 0 Å². The van der Waals surface area contributed by atoms with Crippen molar-refractivity contribution in [3.63, 3.8) is 0 Å². The molecule has 0 saturated carbocycles. The number of hydrogen-bond acceptors (Lipinski definition) is 2. The van der Waals surface area contributed by atoms with Crippen LogP contribution in [0, 0.1) is 11.3 Å². The van der Waals surface area contributed by atoms with Gasteiger partial charge in [0.15, 0.2) is 0 Å². The molecule has 1 aliphatic heterocycles. The van der Waals surface area contributed by atoms with E-state index in [0.29, 0.717) is 11.0 Å². The lowest BCUT2D eigenvalue weighted by molar-refractivity contribution is 0.118. The van der Waals surface area contributed by atoms with Crippen molar-refractivity contribution in [3.8, 4) is 0 Å². The number of hydrogen-bond donors (Lipinski definition) is 1. The number of aliphatic hydroxyl groups is 1. The highest BCUT2D eigenvalue weighted by Crippen LogP contribution is 2.35. The Bertz CT molecular complexity index is 207. The zero-order valence-electron chi connectivity index (χ0n) is 8.39. The molecule has 2 atom stereocenters.